The maximum absolute atomic E-state index is 14.3. The Kier molecular flexibility index (Phi) is 7.19. The van der Waals surface area contributed by atoms with Crippen LogP contribution in [0.15, 0.2) is 36.4 Å². The number of piperazine rings is 1. The molecule has 1 amide bonds. The maximum Gasteiger partial charge on any atom is 0.253 e. The minimum atomic E-state index is -0.858. The van der Waals surface area contributed by atoms with E-state index in [4.69, 9.17) is 10.5 Å². The Labute approximate surface area is 221 Å². The molecule has 1 fully saturated rings. The van der Waals surface area contributed by atoms with Crippen LogP contribution in [0.5, 0.6) is 5.75 Å². The minimum Gasteiger partial charge on any atom is -0.494 e. The molecule has 0 aliphatic carbocycles. The van der Waals surface area contributed by atoms with Crippen molar-refractivity contribution < 1.29 is 13.9 Å². The molecule has 200 valence electrons. The van der Waals surface area contributed by atoms with Crippen LogP contribution in [0.25, 0.3) is 0 Å². The predicted octanol–water partition coefficient (Wildman–Crippen LogP) is 3.71. The molecule has 2 aromatic carbocycles. The summed E-state index contributed by atoms with van der Waals surface area (Å²) in [6.45, 7) is 9.10. The van der Waals surface area contributed by atoms with E-state index in [1.807, 2.05) is 12.1 Å². The number of hydrogen-bond donors (Lipinski definition) is 4. The number of carbonyl (C=O) groups is 1. The highest BCUT2D eigenvalue weighted by atomic mass is 19.1. The molecule has 10 nitrogen and oxygen atoms in total. The average molecular weight is 521 g/mol. The van der Waals surface area contributed by atoms with E-state index in [0.29, 0.717) is 48.0 Å². The van der Waals surface area contributed by atoms with Crippen molar-refractivity contribution in [3.8, 4) is 5.75 Å². The van der Waals surface area contributed by atoms with Crippen molar-refractivity contribution in [1.29, 1.82) is 0 Å². The molecular formula is C27H33FN8O2. The highest BCUT2D eigenvalue weighted by Crippen LogP contribution is 2.35. The molecule has 2 aliphatic heterocycles. The second kappa shape index (κ2) is 10.7. The number of halogens is 1. The average Bonchev–Trinajstić information content (AvgIpc) is 3.38. The lowest BCUT2D eigenvalue weighted by atomic mass is 10.1. The van der Waals surface area contributed by atoms with Crippen LogP contribution >= 0.6 is 0 Å². The number of anilines is 6. The van der Waals surface area contributed by atoms with E-state index in [1.165, 1.54) is 12.1 Å². The lowest BCUT2D eigenvalue weighted by Crippen LogP contribution is -2.48. The second-order valence-corrected chi connectivity index (χ2v) is 9.68. The normalized spacial score (nSPS) is 15.2. The van der Waals surface area contributed by atoms with Crippen molar-refractivity contribution in [2.24, 2.45) is 5.73 Å². The van der Waals surface area contributed by atoms with Gasteiger partial charge in [-0.05, 0) is 44.5 Å². The van der Waals surface area contributed by atoms with Crippen LogP contribution in [0.4, 0.5) is 39.0 Å². The zero-order chi connectivity index (χ0) is 26.8. The molecule has 0 spiro atoms. The number of nitrogens with zero attached hydrogens (tertiary/aromatic N) is 4. The Morgan fingerprint density at radius 1 is 1.11 bits per heavy atom. The molecule has 0 saturated carbocycles. The standard InChI is InChI=1S/C27H33FN8O2/c1-16(2)35-11-13-36(14-12-35)17-7-8-20(22(15-17)38-3)32-27-33-25-18(9-10-30-25)26(34-27)31-21-6-4-5-19(28)23(21)24(29)37/h4-8,15-16H,9-14H2,1-3H3,(H2,29,37)(H3,30,31,32,33,34). The van der Waals surface area contributed by atoms with E-state index in [-0.39, 0.29) is 11.3 Å². The molecule has 0 unspecified atom stereocenters. The number of ether oxygens (including phenoxy) is 1. The fourth-order valence-corrected chi connectivity index (χ4v) is 4.94. The smallest absolute Gasteiger partial charge is 0.253 e. The Morgan fingerprint density at radius 2 is 1.89 bits per heavy atom. The molecule has 0 radical (unpaired) electrons. The van der Waals surface area contributed by atoms with E-state index >= 15 is 0 Å². The lowest BCUT2D eigenvalue weighted by Gasteiger charge is -2.38. The molecule has 1 saturated heterocycles. The number of carbonyl (C=O) groups excluding carboxylic acids is 1. The summed E-state index contributed by atoms with van der Waals surface area (Å²) in [7, 11) is 1.63. The number of primary amides is 1. The van der Waals surface area contributed by atoms with Crippen LogP contribution in [-0.4, -0.2) is 66.7 Å². The van der Waals surface area contributed by atoms with Crippen molar-refractivity contribution in [2.45, 2.75) is 26.3 Å². The number of benzene rings is 2. The van der Waals surface area contributed by atoms with Crippen molar-refractivity contribution in [1.82, 2.24) is 14.9 Å². The van der Waals surface area contributed by atoms with Crippen LogP contribution < -0.4 is 31.3 Å². The van der Waals surface area contributed by atoms with Crippen molar-refractivity contribution in [3.63, 3.8) is 0 Å². The van der Waals surface area contributed by atoms with Crippen LogP contribution in [0, 0.1) is 5.82 Å². The molecule has 0 atom stereocenters. The van der Waals surface area contributed by atoms with Crippen molar-refractivity contribution >= 4 is 40.6 Å². The van der Waals surface area contributed by atoms with Gasteiger partial charge in [0, 0.05) is 56.1 Å². The Morgan fingerprint density at radius 3 is 2.61 bits per heavy atom. The number of nitrogens with one attached hydrogen (secondary N) is 3. The number of amides is 1. The summed E-state index contributed by atoms with van der Waals surface area (Å²) in [4.78, 5) is 26.0. The highest BCUT2D eigenvalue weighted by molar-refractivity contribution is 5.99. The van der Waals surface area contributed by atoms with Gasteiger partial charge in [-0.25, -0.2) is 4.39 Å². The van der Waals surface area contributed by atoms with Gasteiger partial charge in [-0.15, -0.1) is 0 Å². The Balaban J connectivity index is 1.40. The van der Waals surface area contributed by atoms with Gasteiger partial charge in [0.25, 0.3) is 5.91 Å². The van der Waals surface area contributed by atoms with Gasteiger partial charge in [0.2, 0.25) is 5.95 Å². The summed E-state index contributed by atoms with van der Waals surface area (Å²) < 4.78 is 20.0. The van der Waals surface area contributed by atoms with Crippen molar-refractivity contribution in [3.05, 3.63) is 53.3 Å². The summed E-state index contributed by atoms with van der Waals surface area (Å²) >= 11 is 0. The number of rotatable bonds is 8. The number of methoxy groups -OCH3 is 1. The Bertz CT molecular complexity index is 1340. The van der Waals surface area contributed by atoms with Gasteiger partial charge in [0.15, 0.2) is 0 Å². The van der Waals surface area contributed by atoms with E-state index < -0.39 is 11.7 Å². The second-order valence-electron chi connectivity index (χ2n) is 9.68. The van der Waals surface area contributed by atoms with E-state index in [2.05, 4.69) is 55.6 Å². The van der Waals surface area contributed by atoms with Crippen LogP contribution in [0.3, 0.4) is 0 Å². The van der Waals surface area contributed by atoms with E-state index in [9.17, 15) is 9.18 Å². The molecular weight excluding hydrogens is 487 g/mol. The first-order valence-electron chi connectivity index (χ1n) is 12.8. The number of nitrogens with two attached hydrogens (primary N) is 1. The number of aromatic nitrogens is 2. The van der Waals surface area contributed by atoms with Gasteiger partial charge >= 0.3 is 0 Å². The monoisotopic (exact) mass is 520 g/mol. The molecule has 1 aromatic heterocycles. The summed E-state index contributed by atoms with van der Waals surface area (Å²) in [6.07, 6.45) is 0.682. The van der Waals surface area contributed by atoms with Gasteiger partial charge in [0.05, 0.1) is 24.0 Å². The van der Waals surface area contributed by atoms with E-state index in [1.54, 1.807) is 13.2 Å². The summed E-state index contributed by atoms with van der Waals surface area (Å²) in [5.41, 5.74) is 8.12. The summed E-state index contributed by atoms with van der Waals surface area (Å²) in [5.74, 6) is 0.578. The SMILES string of the molecule is COc1cc(N2CCN(C(C)C)CC2)ccc1Nc1nc2c(c(Nc3cccc(F)c3C(N)=O)n1)CCN2. The first kappa shape index (κ1) is 25.5. The zero-order valence-electron chi connectivity index (χ0n) is 21.8. The Hall–Kier alpha value is -4.12. The largest absolute Gasteiger partial charge is 0.494 e. The quantitative estimate of drug-likeness (QED) is 0.352. The van der Waals surface area contributed by atoms with Crippen LogP contribution in [0.1, 0.15) is 29.8 Å². The van der Waals surface area contributed by atoms with Gasteiger partial charge in [-0.3, -0.25) is 9.69 Å². The number of fused-ring (bicyclic) bond motifs is 1. The number of hydrogen-bond acceptors (Lipinski definition) is 9. The van der Waals surface area contributed by atoms with E-state index in [0.717, 1.165) is 37.4 Å². The molecule has 11 heteroatoms. The molecule has 5 rings (SSSR count). The third-order valence-corrected chi connectivity index (χ3v) is 7.03. The molecule has 0 bridgehead atoms. The maximum atomic E-state index is 14.3. The molecule has 5 N–H and O–H groups in total. The summed E-state index contributed by atoms with van der Waals surface area (Å²) in [5, 5.41) is 9.61. The van der Waals surface area contributed by atoms with Crippen molar-refractivity contribution in [2.75, 3.05) is 60.7 Å². The summed E-state index contributed by atoms with van der Waals surface area (Å²) in [6, 6.07) is 10.9. The van der Waals surface area contributed by atoms with Gasteiger partial charge in [0.1, 0.15) is 23.2 Å². The lowest BCUT2D eigenvalue weighted by molar-refractivity contribution is 0.0997. The van der Waals surface area contributed by atoms with Gasteiger partial charge in [-0.1, -0.05) is 6.07 Å². The topological polar surface area (TPSA) is 121 Å². The highest BCUT2D eigenvalue weighted by Gasteiger charge is 2.23. The van der Waals surface area contributed by atoms with Gasteiger partial charge < -0.3 is 31.3 Å². The fourth-order valence-electron chi connectivity index (χ4n) is 4.94. The first-order valence-corrected chi connectivity index (χ1v) is 12.8. The third-order valence-electron chi connectivity index (χ3n) is 7.03. The predicted molar refractivity (Wildman–Crippen MR) is 148 cm³/mol. The molecule has 38 heavy (non-hydrogen) atoms. The first-order chi connectivity index (χ1) is 18.3. The fraction of sp³-hybridized carbons (Fsp3) is 0.370. The minimum absolute atomic E-state index is 0.216. The molecule has 2 aliphatic rings. The molecule has 3 heterocycles. The van der Waals surface area contributed by atoms with Crippen LogP contribution in [-0.2, 0) is 6.42 Å². The zero-order valence-corrected chi connectivity index (χ0v) is 21.8. The molecule has 3 aromatic rings. The van der Waals surface area contributed by atoms with Crippen LogP contribution in [0.2, 0.25) is 0 Å². The third kappa shape index (κ3) is 5.14. The van der Waals surface area contributed by atoms with Gasteiger partial charge in [-0.2, -0.15) is 9.97 Å².